The molecule has 0 aromatic heterocycles. The smallest absolute Gasteiger partial charge is 0.330 e. The van der Waals surface area contributed by atoms with Crippen LogP contribution in [0.2, 0.25) is 0 Å². The summed E-state index contributed by atoms with van der Waals surface area (Å²) in [7, 11) is 0. The predicted octanol–water partition coefficient (Wildman–Crippen LogP) is 2.88. The first-order valence-electron chi connectivity index (χ1n) is 11.9. The van der Waals surface area contributed by atoms with Gasteiger partial charge >= 0.3 is 5.97 Å². The van der Waals surface area contributed by atoms with Gasteiger partial charge in [0.1, 0.15) is 13.2 Å². The molecule has 0 bridgehead atoms. The van der Waals surface area contributed by atoms with Gasteiger partial charge in [-0.2, -0.15) is 0 Å². The lowest BCUT2D eigenvalue weighted by atomic mass is 9.88. The third-order valence-corrected chi connectivity index (χ3v) is 4.92. The van der Waals surface area contributed by atoms with Gasteiger partial charge in [0, 0.05) is 50.9 Å². The van der Waals surface area contributed by atoms with Crippen molar-refractivity contribution in [1.82, 2.24) is 0 Å². The Labute approximate surface area is 209 Å². The van der Waals surface area contributed by atoms with Gasteiger partial charge in [-0.3, -0.25) is 9.59 Å². The molecule has 9 nitrogen and oxygen atoms in total. The molecule has 0 heterocycles. The summed E-state index contributed by atoms with van der Waals surface area (Å²) in [5.74, 6) is -0.755. The average Bonchev–Trinajstić information content (AvgIpc) is 2.88. The Balaban J connectivity index is 4.42. The van der Waals surface area contributed by atoms with E-state index in [0.29, 0.717) is 72.1 Å². The molecule has 0 rings (SSSR count). The summed E-state index contributed by atoms with van der Waals surface area (Å²) < 4.78 is 33.1. The first kappa shape index (κ1) is 32.8. The molecule has 0 aromatic carbocycles. The van der Waals surface area contributed by atoms with Crippen molar-refractivity contribution in [3.63, 3.8) is 0 Å². The highest BCUT2D eigenvalue weighted by molar-refractivity contribution is 5.90. The number of carbonyl (C=O) groups excluding carboxylic acids is 3. The highest BCUT2D eigenvalue weighted by Crippen LogP contribution is 2.24. The summed E-state index contributed by atoms with van der Waals surface area (Å²) in [4.78, 5) is 33.4. The molecule has 0 aromatic rings. The van der Waals surface area contributed by atoms with E-state index in [1.165, 1.54) is 12.2 Å². The lowest BCUT2D eigenvalue weighted by Gasteiger charge is -2.32. The molecular weight excluding hydrogens is 456 g/mol. The highest BCUT2D eigenvalue weighted by Gasteiger charge is 2.29. The van der Waals surface area contributed by atoms with Crippen LogP contribution in [0.25, 0.3) is 0 Å². The molecule has 0 unspecified atom stereocenters. The van der Waals surface area contributed by atoms with Crippen LogP contribution in [0.5, 0.6) is 0 Å². The van der Waals surface area contributed by atoms with Crippen molar-refractivity contribution in [1.29, 1.82) is 0 Å². The molecule has 0 atom stereocenters. The molecule has 9 heteroatoms. The fraction of sp³-hybridized carbons (Fsp3) is 0.654. The first-order valence-corrected chi connectivity index (χ1v) is 11.9. The van der Waals surface area contributed by atoms with Crippen molar-refractivity contribution in [3.8, 4) is 0 Å². The van der Waals surface area contributed by atoms with Gasteiger partial charge in [0.15, 0.2) is 11.6 Å². The maximum Gasteiger partial charge on any atom is 0.330 e. The van der Waals surface area contributed by atoms with E-state index in [4.69, 9.17) is 28.4 Å². The fourth-order valence-corrected chi connectivity index (χ4v) is 2.68. The van der Waals surface area contributed by atoms with E-state index in [9.17, 15) is 14.4 Å². The van der Waals surface area contributed by atoms with Gasteiger partial charge in [0.2, 0.25) is 0 Å². The third kappa shape index (κ3) is 18.8. The van der Waals surface area contributed by atoms with Crippen LogP contribution in [0.3, 0.4) is 0 Å². The highest BCUT2D eigenvalue weighted by atomic mass is 16.5. The standard InChI is InChI=1S/C26H42O9/c1-5-23(27)18-30-12-9-14-32-20-26(8-4,22-34-16-11-17-35-25(29)7-3)21-33-15-10-13-31-19-24(28)6-2/h5-7H,1-3,8-22H2,4H3. The second-order valence-corrected chi connectivity index (χ2v) is 7.89. The van der Waals surface area contributed by atoms with Crippen molar-refractivity contribution < 1.29 is 42.8 Å². The van der Waals surface area contributed by atoms with Crippen LogP contribution in [-0.2, 0) is 42.8 Å². The Hall–Kier alpha value is -2.17. The summed E-state index contributed by atoms with van der Waals surface area (Å²) in [6, 6.07) is 0. The molecular formula is C26H42O9. The van der Waals surface area contributed by atoms with Crippen LogP contribution in [-0.4, -0.2) is 90.2 Å². The predicted molar refractivity (Wildman–Crippen MR) is 132 cm³/mol. The first-order chi connectivity index (χ1) is 16.9. The lowest BCUT2D eigenvalue weighted by Crippen LogP contribution is -2.37. The van der Waals surface area contributed by atoms with Gasteiger partial charge in [0.05, 0.1) is 26.4 Å². The molecule has 200 valence electrons. The number of hydrogen-bond donors (Lipinski definition) is 0. The minimum absolute atomic E-state index is 0.0254. The molecule has 35 heavy (non-hydrogen) atoms. The van der Waals surface area contributed by atoms with Crippen molar-refractivity contribution in [2.45, 2.75) is 32.6 Å². The summed E-state index contributed by atoms with van der Waals surface area (Å²) >= 11 is 0. The molecule has 0 radical (unpaired) electrons. The zero-order chi connectivity index (χ0) is 26.2. The molecule has 0 aliphatic carbocycles. The molecule has 0 N–H and O–H groups in total. The Kier molecular flexibility index (Phi) is 20.9. The second-order valence-electron chi connectivity index (χ2n) is 7.89. The maximum atomic E-state index is 11.2. The number of rotatable bonds is 26. The molecule has 0 amide bonds. The topological polar surface area (TPSA) is 107 Å². The summed E-state index contributed by atoms with van der Waals surface area (Å²) in [6.45, 7) is 16.1. The van der Waals surface area contributed by atoms with Gasteiger partial charge in [-0.05, 0) is 31.4 Å². The molecule has 0 aliphatic heterocycles. The van der Waals surface area contributed by atoms with E-state index >= 15 is 0 Å². The lowest BCUT2D eigenvalue weighted by molar-refractivity contribution is -0.138. The van der Waals surface area contributed by atoms with Crippen LogP contribution in [0.15, 0.2) is 38.0 Å². The van der Waals surface area contributed by atoms with Crippen LogP contribution in [0.4, 0.5) is 0 Å². The van der Waals surface area contributed by atoms with E-state index in [2.05, 4.69) is 26.7 Å². The molecule has 0 aliphatic rings. The van der Waals surface area contributed by atoms with Crippen molar-refractivity contribution in [2.75, 3.05) is 72.7 Å². The van der Waals surface area contributed by atoms with Gasteiger partial charge in [-0.25, -0.2) is 4.79 Å². The third-order valence-electron chi connectivity index (χ3n) is 4.92. The van der Waals surface area contributed by atoms with E-state index in [0.717, 1.165) is 12.5 Å². The minimum atomic E-state index is -0.453. The molecule has 0 fully saturated rings. The maximum absolute atomic E-state index is 11.2. The molecule has 0 spiro atoms. The molecule has 0 saturated carbocycles. The summed E-state index contributed by atoms with van der Waals surface area (Å²) in [6.07, 6.45) is 6.26. The minimum Gasteiger partial charge on any atom is -0.462 e. The summed E-state index contributed by atoms with van der Waals surface area (Å²) in [5.41, 5.74) is -0.350. The van der Waals surface area contributed by atoms with Crippen LogP contribution in [0.1, 0.15) is 32.6 Å². The van der Waals surface area contributed by atoms with Crippen LogP contribution < -0.4 is 0 Å². The number of esters is 1. The monoisotopic (exact) mass is 498 g/mol. The van der Waals surface area contributed by atoms with Gasteiger partial charge < -0.3 is 28.4 Å². The zero-order valence-electron chi connectivity index (χ0n) is 21.1. The number of ketones is 2. The normalized spacial score (nSPS) is 11.1. The Morgan fingerprint density at radius 3 is 1.40 bits per heavy atom. The SMILES string of the molecule is C=CC(=O)COCCCOCC(CC)(COCCCOCC(=O)C=C)COCCCOC(=O)C=C. The van der Waals surface area contributed by atoms with Crippen molar-refractivity contribution >= 4 is 17.5 Å². The van der Waals surface area contributed by atoms with E-state index in [-0.39, 0.29) is 36.8 Å². The van der Waals surface area contributed by atoms with Crippen LogP contribution >= 0.6 is 0 Å². The second kappa shape index (κ2) is 22.3. The Morgan fingerprint density at radius 2 is 1.03 bits per heavy atom. The van der Waals surface area contributed by atoms with Gasteiger partial charge in [-0.15, -0.1) is 0 Å². The average molecular weight is 499 g/mol. The van der Waals surface area contributed by atoms with E-state index < -0.39 is 5.97 Å². The zero-order valence-corrected chi connectivity index (χ0v) is 21.1. The fourth-order valence-electron chi connectivity index (χ4n) is 2.68. The Bertz CT molecular complexity index is 596. The molecule has 0 saturated heterocycles. The summed E-state index contributed by atoms with van der Waals surface area (Å²) in [5, 5.41) is 0. The van der Waals surface area contributed by atoms with Crippen LogP contribution in [0, 0.1) is 5.41 Å². The van der Waals surface area contributed by atoms with Crippen molar-refractivity contribution in [3.05, 3.63) is 38.0 Å². The number of ether oxygens (including phenoxy) is 6. The quantitative estimate of drug-likeness (QED) is 0.101. The van der Waals surface area contributed by atoms with E-state index in [1.54, 1.807) is 0 Å². The largest absolute Gasteiger partial charge is 0.462 e. The number of hydrogen-bond acceptors (Lipinski definition) is 9. The van der Waals surface area contributed by atoms with Gasteiger partial charge in [-0.1, -0.05) is 26.7 Å². The van der Waals surface area contributed by atoms with Crippen molar-refractivity contribution in [2.24, 2.45) is 5.41 Å². The van der Waals surface area contributed by atoms with Gasteiger partial charge in [0.25, 0.3) is 0 Å². The van der Waals surface area contributed by atoms with E-state index in [1.807, 2.05) is 0 Å². The Morgan fingerprint density at radius 1 is 0.629 bits per heavy atom. The number of carbonyl (C=O) groups is 3.